The van der Waals surface area contributed by atoms with E-state index in [1.54, 1.807) is 7.11 Å². The van der Waals surface area contributed by atoms with Gasteiger partial charge in [0.15, 0.2) is 0 Å². The second-order valence-electron chi connectivity index (χ2n) is 4.61. The molecule has 108 valence electrons. The van der Waals surface area contributed by atoms with Crippen LogP contribution in [0.25, 0.3) is 10.9 Å². The lowest BCUT2D eigenvalue weighted by Gasteiger charge is -2.11. The van der Waals surface area contributed by atoms with Crippen LogP contribution in [0.1, 0.15) is 25.3 Å². The van der Waals surface area contributed by atoms with Gasteiger partial charge < -0.3 is 14.9 Å². The first-order valence-electron chi connectivity index (χ1n) is 6.80. The third-order valence-electron chi connectivity index (χ3n) is 3.14. The Kier molecular flexibility index (Phi) is 5.15. The van der Waals surface area contributed by atoms with Crippen LogP contribution >= 0.6 is 0 Å². The third-order valence-corrected chi connectivity index (χ3v) is 3.14. The van der Waals surface area contributed by atoms with Crippen molar-refractivity contribution in [3.8, 4) is 5.75 Å². The molecule has 20 heavy (non-hydrogen) atoms. The van der Waals surface area contributed by atoms with Crippen molar-refractivity contribution in [3.63, 3.8) is 0 Å². The highest BCUT2D eigenvalue weighted by Gasteiger charge is 2.07. The van der Waals surface area contributed by atoms with Crippen molar-refractivity contribution < 1.29 is 9.47 Å². The maximum atomic E-state index is 5.64. The highest BCUT2D eigenvalue weighted by atomic mass is 16.5. The van der Waals surface area contributed by atoms with Gasteiger partial charge in [-0.15, -0.1) is 0 Å². The topological polar surface area (TPSA) is 69.4 Å². The Morgan fingerprint density at radius 2 is 2.15 bits per heavy atom. The molecule has 0 amide bonds. The van der Waals surface area contributed by atoms with Crippen LogP contribution in [0.3, 0.4) is 0 Å². The number of nitrogens with two attached hydrogens (primary N) is 1. The van der Waals surface area contributed by atoms with Crippen molar-refractivity contribution in [2.24, 2.45) is 5.84 Å². The lowest BCUT2D eigenvalue weighted by atomic mass is 10.1. The summed E-state index contributed by atoms with van der Waals surface area (Å²) in [5.41, 5.74) is 4.44. The van der Waals surface area contributed by atoms with Gasteiger partial charge in [0, 0.05) is 23.6 Å². The highest BCUT2D eigenvalue weighted by molar-refractivity contribution is 5.83. The summed E-state index contributed by atoms with van der Waals surface area (Å²) in [6.45, 7) is 3.40. The maximum Gasteiger partial charge on any atom is 0.146 e. The number of nitrogen functional groups attached to an aromatic ring is 1. The molecular formula is C15H21N3O2. The minimum absolute atomic E-state index is 0.508. The summed E-state index contributed by atoms with van der Waals surface area (Å²) < 4.78 is 10.8. The molecule has 0 fully saturated rings. The van der Waals surface area contributed by atoms with Crippen LogP contribution in [0.4, 0.5) is 5.82 Å². The van der Waals surface area contributed by atoms with Crippen molar-refractivity contribution in [3.05, 3.63) is 29.8 Å². The van der Waals surface area contributed by atoms with Crippen molar-refractivity contribution in [1.29, 1.82) is 0 Å². The number of fused-ring (bicyclic) bond motifs is 1. The number of pyridine rings is 1. The first kappa shape index (κ1) is 14.6. The molecule has 0 saturated carbocycles. The smallest absolute Gasteiger partial charge is 0.146 e. The molecule has 0 spiro atoms. The summed E-state index contributed by atoms with van der Waals surface area (Å²) >= 11 is 0. The van der Waals surface area contributed by atoms with Gasteiger partial charge in [0.1, 0.15) is 11.6 Å². The molecule has 2 rings (SSSR count). The number of hydrogen-bond donors (Lipinski definition) is 2. The van der Waals surface area contributed by atoms with Crippen molar-refractivity contribution in [1.82, 2.24) is 4.98 Å². The Morgan fingerprint density at radius 3 is 2.85 bits per heavy atom. The molecule has 0 unspecified atom stereocenters. The van der Waals surface area contributed by atoms with E-state index >= 15 is 0 Å². The molecule has 0 radical (unpaired) electrons. The number of benzene rings is 1. The van der Waals surface area contributed by atoms with E-state index in [-0.39, 0.29) is 0 Å². The number of anilines is 1. The quantitative estimate of drug-likeness (QED) is 0.462. The lowest BCUT2D eigenvalue weighted by Crippen LogP contribution is -2.12. The zero-order chi connectivity index (χ0) is 14.4. The summed E-state index contributed by atoms with van der Waals surface area (Å²) in [7, 11) is 1.64. The van der Waals surface area contributed by atoms with Crippen LogP contribution in [0.5, 0.6) is 5.75 Å². The standard InChI is InChI=1S/C15H21N3O2/c1-3-4-7-20-10-12-8-11-5-6-13(19-2)9-14(11)17-15(12)18-16/h5-6,8-9H,3-4,7,10,16H2,1-2H3,(H,17,18). The molecule has 3 N–H and O–H groups in total. The molecule has 5 nitrogen and oxygen atoms in total. The number of unbranched alkanes of at least 4 members (excludes halogenated alkanes) is 1. The molecule has 0 aliphatic heterocycles. The van der Waals surface area contributed by atoms with Crippen LogP contribution in [0, 0.1) is 0 Å². The molecule has 1 aromatic carbocycles. The third kappa shape index (κ3) is 3.37. The van der Waals surface area contributed by atoms with E-state index in [4.69, 9.17) is 15.3 Å². The molecule has 2 aromatic rings. The Labute approximate surface area is 119 Å². The molecule has 0 aliphatic rings. The molecule has 1 aromatic heterocycles. The summed E-state index contributed by atoms with van der Waals surface area (Å²) in [4.78, 5) is 4.51. The average Bonchev–Trinajstić information content (AvgIpc) is 2.50. The van der Waals surface area contributed by atoms with Gasteiger partial charge >= 0.3 is 0 Å². The summed E-state index contributed by atoms with van der Waals surface area (Å²) in [6, 6.07) is 7.83. The van der Waals surface area contributed by atoms with E-state index in [1.165, 1.54) is 0 Å². The van der Waals surface area contributed by atoms with Gasteiger partial charge in [0.2, 0.25) is 0 Å². The molecular weight excluding hydrogens is 254 g/mol. The SMILES string of the molecule is CCCCOCc1cc2ccc(OC)cc2nc1NN. The number of aromatic nitrogens is 1. The maximum absolute atomic E-state index is 5.64. The van der Waals surface area contributed by atoms with Gasteiger partial charge in [-0.2, -0.15) is 0 Å². The predicted molar refractivity (Wildman–Crippen MR) is 80.7 cm³/mol. The Hall–Kier alpha value is -1.85. The second-order valence-corrected chi connectivity index (χ2v) is 4.61. The zero-order valence-corrected chi connectivity index (χ0v) is 12.0. The first-order valence-corrected chi connectivity index (χ1v) is 6.80. The van der Waals surface area contributed by atoms with Crippen LogP contribution in [0.2, 0.25) is 0 Å². The Bertz CT molecular complexity index is 572. The molecule has 0 bridgehead atoms. The fourth-order valence-electron chi connectivity index (χ4n) is 1.98. The van der Waals surface area contributed by atoms with Crippen LogP contribution in [-0.2, 0) is 11.3 Å². The van der Waals surface area contributed by atoms with E-state index in [0.29, 0.717) is 12.4 Å². The fourth-order valence-corrected chi connectivity index (χ4v) is 1.98. The van der Waals surface area contributed by atoms with E-state index in [2.05, 4.69) is 17.3 Å². The first-order chi connectivity index (χ1) is 9.78. The fraction of sp³-hybridized carbons (Fsp3) is 0.400. The van der Waals surface area contributed by atoms with E-state index in [1.807, 2.05) is 24.3 Å². The summed E-state index contributed by atoms with van der Waals surface area (Å²) in [5, 5.41) is 1.04. The van der Waals surface area contributed by atoms with Gasteiger partial charge in [-0.1, -0.05) is 13.3 Å². The summed E-state index contributed by atoms with van der Waals surface area (Å²) in [6.07, 6.45) is 2.18. The van der Waals surface area contributed by atoms with Gasteiger partial charge in [-0.25, -0.2) is 10.8 Å². The second kappa shape index (κ2) is 7.07. The molecule has 0 saturated heterocycles. The molecule has 0 aliphatic carbocycles. The lowest BCUT2D eigenvalue weighted by molar-refractivity contribution is 0.118. The van der Waals surface area contributed by atoms with E-state index < -0.39 is 0 Å². The number of rotatable bonds is 7. The van der Waals surface area contributed by atoms with Crippen LogP contribution in [-0.4, -0.2) is 18.7 Å². The van der Waals surface area contributed by atoms with Gasteiger partial charge in [-0.3, -0.25) is 0 Å². The summed E-state index contributed by atoms with van der Waals surface area (Å²) in [5.74, 6) is 6.96. The number of ether oxygens (including phenoxy) is 2. The van der Waals surface area contributed by atoms with Gasteiger partial charge in [-0.05, 0) is 24.6 Å². The van der Waals surface area contributed by atoms with Crippen molar-refractivity contribution >= 4 is 16.7 Å². The largest absolute Gasteiger partial charge is 0.497 e. The van der Waals surface area contributed by atoms with Gasteiger partial charge in [0.25, 0.3) is 0 Å². The van der Waals surface area contributed by atoms with Crippen LogP contribution in [0.15, 0.2) is 24.3 Å². The predicted octanol–water partition coefficient (Wildman–Crippen LogP) is 2.85. The minimum atomic E-state index is 0.508. The van der Waals surface area contributed by atoms with E-state index in [9.17, 15) is 0 Å². The monoisotopic (exact) mass is 275 g/mol. The molecule has 5 heteroatoms. The number of methoxy groups -OCH3 is 1. The van der Waals surface area contributed by atoms with Crippen LogP contribution < -0.4 is 16.0 Å². The number of nitrogens with zero attached hydrogens (tertiary/aromatic N) is 1. The number of hydrogen-bond acceptors (Lipinski definition) is 5. The number of hydrazine groups is 1. The number of nitrogens with one attached hydrogen (secondary N) is 1. The molecule has 1 heterocycles. The zero-order valence-electron chi connectivity index (χ0n) is 12.0. The van der Waals surface area contributed by atoms with Crippen molar-refractivity contribution in [2.45, 2.75) is 26.4 Å². The molecule has 0 atom stereocenters. The Balaban J connectivity index is 2.25. The normalized spacial score (nSPS) is 10.8. The highest BCUT2D eigenvalue weighted by Crippen LogP contribution is 2.24. The minimum Gasteiger partial charge on any atom is -0.497 e. The van der Waals surface area contributed by atoms with Gasteiger partial charge in [0.05, 0.1) is 19.2 Å². The van der Waals surface area contributed by atoms with Crippen molar-refractivity contribution in [2.75, 3.05) is 19.1 Å². The Morgan fingerprint density at radius 1 is 1.30 bits per heavy atom. The average molecular weight is 275 g/mol. The van der Waals surface area contributed by atoms with E-state index in [0.717, 1.165) is 41.7 Å².